The first kappa shape index (κ1) is 17.7. The Bertz CT molecular complexity index is 503. The van der Waals surface area contributed by atoms with Crippen molar-refractivity contribution in [1.29, 1.82) is 0 Å². The molecule has 126 valence electrons. The highest BCUT2D eigenvalue weighted by Crippen LogP contribution is 2.21. The molecule has 1 N–H and O–H groups in total. The first-order valence-electron chi connectivity index (χ1n) is 8.75. The van der Waals surface area contributed by atoms with Gasteiger partial charge in [-0.3, -0.25) is 14.5 Å². The highest BCUT2D eigenvalue weighted by atomic mass is 16.2. The predicted octanol–water partition coefficient (Wildman–Crippen LogP) is 2.89. The molecule has 4 heteroatoms. The van der Waals surface area contributed by atoms with Crippen molar-refractivity contribution in [2.75, 3.05) is 19.6 Å². The smallest absolute Gasteiger partial charge is 0.234 e. The van der Waals surface area contributed by atoms with E-state index in [2.05, 4.69) is 24.1 Å². The van der Waals surface area contributed by atoms with E-state index in [1.807, 2.05) is 30.3 Å². The molecule has 1 aromatic carbocycles. The van der Waals surface area contributed by atoms with Gasteiger partial charge in [0.1, 0.15) is 0 Å². The molecule has 1 saturated heterocycles. The molecule has 0 bridgehead atoms. The number of likely N-dealkylation sites (tertiary alicyclic amines) is 1. The van der Waals surface area contributed by atoms with Crippen LogP contribution in [0.25, 0.3) is 0 Å². The summed E-state index contributed by atoms with van der Waals surface area (Å²) in [6, 6.07) is 9.79. The Labute approximate surface area is 139 Å². The maximum absolute atomic E-state index is 12.5. The van der Waals surface area contributed by atoms with Gasteiger partial charge in [-0.05, 0) is 38.8 Å². The van der Waals surface area contributed by atoms with Crippen LogP contribution in [0.15, 0.2) is 30.3 Å². The van der Waals surface area contributed by atoms with Crippen LogP contribution >= 0.6 is 0 Å². The van der Waals surface area contributed by atoms with Gasteiger partial charge in [0.25, 0.3) is 0 Å². The summed E-state index contributed by atoms with van der Waals surface area (Å²) in [4.78, 5) is 26.7. The fraction of sp³-hybridized carbons (Fsp3) is 0.579. The van der Waals surface area contributed by atoms with Crippen molar-refractivity contribution in [2.24, 2.45) is 5.92 Å². The van der Waals surface area contributed by atoms with E-state index >= 15 is 0 Å². The molecule has 1 aromatic rings. The van der Waals surface area contributed by atoms with Crippen LogP contribution in [0.1, 0.15) is 49.9 Å². The van der Waals surface area contributed by atoms with Crippen LogP contribution in [0.5, 0.6) is 0 Å². The zero-order valence-electron chi connectivity index (χ0n) is 14.3. The molecule has 0 unspecified atom stereocenters. The minimum atomic E-state index is 0.0933. The van der Waals surface area contributed by atoms with Gasteiger partial charge in [-0.25, -0.2) is 0 Å². The van der Waals surface area contributed by atoms with E-state index in [0.29, 0.717) is 6.54 Å². The van der Waals surface area contributed by atoms with Gasteiger partial charge in [-0.15, -0.1) is 0 Å². The summed E-state index contributed by atoms with van der Waals surface area (Å²) in [6.45, 7) is 6.27. The third-order valence-corrected chi connectivity index (χ3v) is 4.73. The molecule has 4 nitrogen and oxygen atoms in total. The number of hydrogen-bond acceptors (Lipinski definition) is 3. The van der Waals surface area contributed by atoms with Gasteiger partial charge in [0.15, 0.2) is 5.78 Å². The average molecular weight is 316 g/mol. The molecule has 1 aliphatic rings. The quantitative estimate of drug-likeness (QED) is 0.787. The van der Waals surface area contributed by atoms with E-state index in [4.69, 9.17) is 0 Å². The molecule has 23 heavy (non-hydrogen) atoms. The summed E-state index contributed by atoms with van der Waals surface area (Å²) in [5, 5.41) is 3.08. The highest BCUT2D eigenvalue weighted by Gasteiger charge is 2.26. The van der Waals surface area contributed by atoms with E-state index in [9.17, 15) is 9.59 Å². The van der Waals surface area contributed by atoms with Gasteiger partial charge in [0.05, 0.1) is 6.54 Å². The summed E-state index contributed by atoms with van der Waals surface area (Å²) < 4.78 is 0. The number of benzene rings is 1. The largest absolute Gasteiger partial charge is 0.352 e. The Kier molecular flexibility index (Phi) is 6.78. The number of carbonyl (C=O) groups excluding carboxylic acids is 2. The molecule has 0 aliphatic carbocycles. The van der Waals surface area contributed by atoms with E-state index in [1.54, 1.807) is 0 Å². The first-order valence-corrected chi connectivity index (χ1v) is 8.75. The van der Waals surface area contributed by atoms with Crippen molar-refractivity contribution in [1.82, 2.24) is 10.2 Å². The number of amides is 1. The van der Waals surface area contributed by atoms with E-state index < -0.39 is 0 Å². The normalized spacial score (nSPS) is 16.5. The van der Waals surface area contributed by atoms with Crippen LogP contribution in [-0.4, -0.2) is 42.3 Å². The molecule has 2 rings (SSSR count). The van der Waals surface area contributed by atoms with Crippen LogP contribution in [0.2, 0.25) is 0 Å². The highest BCUT2D eigenvalue weighted by molar-refractivity contribution is 5.97. The predicted molar refractivity (Wildman–Crippen MR) is 92.4 cm³/mol. The Hall–Kier alpha value is -1.68. The van der Waals surface area contributed by atoms with Gasteiger partial charge in [0, 0.05) is 17.5 Å². The molecule has 0 atom stereocenters. The summed E-state index contributed by atoms with van der Waals surface area (Å²) in [5.74, 6) is 0.439. The monoisotopic (exact) mass is 316 g/mol. The number of hydrogen-bond donors (Lipinski definition) is 1. The third-order valence-electron chi connectivity index (χ3n) is 4.73. The summed E-state index contributed by atoms with van der Waals surface area (Å²) in [5.41, 5.74) is 0.803. The Morgan fingerprint density at radius 3 is 2.30 bits per heavy atom. The lowest BCUT2D eigenvalue weighted by atomic mass is 9.89. The summed E-state index contributed by atoms with van der Waals surface area (Å²) >= 11 is 0. The Morgan fingerprint density at radius 1 is 1.13 bits per heavy atom. The number of ketones is 1. The SMILES string of the molecule is CCC(CC)NC(=O)CN1CCC(C(=O)c2ccccc2)CC1. The fourth-order valence-electron chi connectivity index (χ4n) is 3.16. The van der Waals surface area contributed by atoms with Gasteiger partial charge < -0.3 is 5.32 Å². The lowest BCUT2D eigenvalue weighted by Gasteiger charge is -2.31. The number of rotatable bonds is 7. The van der Waals surface area contributed by atoms with Gasteiger partial charge in [0.2, 0.25) is 5.91 Å². The molecule has 1 aliphatic heterocycles. The fourth-order valence-corrected chi connectivity index (χ4v) is 3.16. The van der Waals surface area contributed by atoms with Crippen molar-refractivity contribution in [3.63, 3.8) is 0 Å². The van der Waals surface area contributed by atoms with Crippen molar-refractivity contribution in [3.05, 3.63) is 35.9 Å². The van der Waals surface area contributed by atoms with Crippen molar-refractivity contribution in [2.45, 2.75) is 45.6 Å². The van der Waals surface area contributed by atoms with E-state index in [-0.39, 0.29) is 23.7 Å². The topological polar surface area (TPSA) is 49.4 Å². The second-order valence-electron chi connectivity index (χ2n) is 6.36. The Morgan fingerprint density at radius 2 is 1.74 bits per heavy atom. The first-order chi connectivity index (χ1) is 11.1. The van der Waals surface area contributed by atoms with Crippen molar-refractivity contribution >= 4 is 11.7 Å². The summed E-state index contributed by atoms with van der Waals surface area (Å²) in [7, 11) is 0. The van der Waals surface area contributed by atoms with Crippen LogP contribution < -0.4 is 5.32 Å². The second-order valence-corrected chi connectivity index (χ2v) is 6.36. The molecular weight excluding hydrogens is 288 g/mol. The zero-order valence-corrected chi connectivity index (χ0v) is 14.3. The maximum Gasteiger partial charge on any atom is 0.234 e. The minimum Gasteiger partial charge on any atom is -0.352 e. The molecule has 1 fully saturated rings. The van der Waals surface area contributed by atoms with Crippen molar-refractivity contribution < 1.29 is 9.59 Å². The second kappa shape index (κ2) is 8.82. The average Bonchev–Trinajstić information content (AvgIpc) is 2.60. The number of piperidine rings is 1. The molecule has 0 saturated carbocycles. The number of Topliss-reactive ketones (excluding diaryl/α,β-unsaturated/α-hetero) is 1. The molecular formula is C19H28N2O2. The summed E-state index contributed by atoms with van der Waals surface area (Å²) in [6.07, 6.45) is 3.61. The molecule has 1 heterocycles. The van der Waals surface area contributed by atoms with Crippen LogP contribution in [0.3, 0.4) is 0 Å². The third kappa shape index (κ3) is 5.17. The van der Waals surface area contributed by atoms with Crippen molar-refractivity contribution in [3.8, 4) is 0 Å². The van der Waals surface area contributed by atoms with E-state index in [0.717, 1.165) is 44.3 Å². The number of nitrogens with zero attached hydrogens (tertiary/aromatic N) is 1. The van der Waals surface area contributed by atoms with Crippen LogP contribution in [0, 0.1) is 5.92 Å². The molecule has 1 amide bonds. The van der Waals surface area contributed by atoms with E-state index in [1.165, 1.54) is 0 Å². The number of nitrogens with one attached hydrogen (secondary N) is 1. The Balaban J connectivity index is 1.78. The maximum atomic E-state index is 12.5. The number of carbonyl (C=O) groups is 2. The van der Waals surface area contributed by atoms with Crippen LogP contribution in [-0.2, 0) is 4.79 Å². The van der Waals surface area contributed by atoms with Gasteiger partial charge in [-0.1, -0.05) is 44.2 Å². The zero-order chi connectivity index (χ0) is 16.7. The molecule has 0 radical (unpaired) electrons. The lowest BCUT2D eigenvalue weighted by Crippen LogP contribution is -2.45. The van der Waals surface area contributed by atoms with Gasteiger partial charge in [-0.2, -0.15) is 0 Å². The molecule has 0 aromatic heterocycles. The lowest BCUT2D eigenvalue weighted by molar-refractivity contribution is -0.123. The standard InChI is InChI=1S/C19H28N2O2/c1-3-17(4-2)20-18(22)14-21-12-10-16(11-13-21)19(23)15-8-6-5-7-9-15/h5-9,16-17H,3-4,10-14H2,1-2H3,(H,20,22). The van der Waals surface area contributed by atoms with Gasteiger partial charge >= 0.3 is 0 Å². The van der Waals surface area contributed by atoms with Crippen LogP contribution in [0.4, 0.5) is 0 Å². The molecule has 0 spiro atoms. The minimum absolute atomic E-state index is 0.0933.